The van der Waals surface area contributed by atoms with E-state index in [0.717, 1.165) is 30.4 Å². The van der Waals surface area contributed by atoms with Crippen LogP contribution < -0.4 is 0 Å². The molecule has 140 valence electrons. The van der Waals surface area contributed by atoms with Crippen LogP contribution in [-0.4, -0.2) is 57.3 Å². The van der Waals surface area contributed by atoms with Crippen LogP contribution in [0.3, 0.4) is 0 Å². The zero-order valence-electron chi connectivity index (χ0n) is 15.9. The summed E-state index contributed by atoms with van der Waals surface area (Å²) in [4.78, 5) is 33.2. The van der Waals surface area contributed by atoms with E-state index >= 15 is 0 Å². The highest BCUT2D eigenvalue weighted by Gasteiger charge is 2.23. The Balaban J connectivity index is 1.73. The van der Waals surface area contributed by atoms with Crippen molar-refractivity contribution in [3.63, 3.8) is 0 Å². The van der Waals surface area contributed by atoms with Gasteiger partial charge in [0, 0.05) is 44.2 Å². The Morgan fingerprint density at radius 3 is 2.58 bits per heavy atom. The van der Waals surface area contributed by atoms with Gasteiger partial charge in [-0.05, 0) is 44.9 Å². The highest BCUT2D eigenvalue weighted by molar-refractivity contribution is 5.97. The first kappa shape index (κ1) is 18.4. The van der Waals surface area contributed by atoms with Gasteiger partial charge in [0.2, 0.25) is 5.91 Å². The van der Waals surface area contributed by atoms with E-state index in [1.165, 1.54) is 0 Å². The van der Waals surface area contributed by atoms with Crippen molar-refractivity contribution in [3.8, 4) is 0 Å². The first-order valence-corrected chi connectivity index (χ1v) is 9.55. The maximum atomic E-state index is 12.9. The fraction of sp³-hybridized carbons (Fsp3) is 0.550. The molecule has 2 aromatic rings. The molecule has 6 nitrogen and oxygen atoms in total. The van der Waals surface area contributed by atoms with Crippen molar-refractivity contribution in [2.75, 3.05) is 26.2 Å². The SMILES string of the molecule is CCCC(=O)N1CCCN(C(=O)c2ccc3c(c2)ncn3C(C)C)CC1. The van der Waals surface area contributed by atoms with Crippen LogP contribution in [0.15, 0.2) is 24.5 Å². The molecule has 0 radical (unpaired) electrons. The van der Waals surface area contributed by atoms with Crippen LogP contribution in [0, 0.1) is 0 Å². The Labute approximate surface area is 154 Å². The Morgan fingerprint density at radius 1 is 1.12 bits per heavy atom. The molecule has 2 amide bonds. The van der Waals surface area contributed by atoms with Crippen LogP contribution in [0.4, 0.5) is 0 Å². The average molecular weight is 356 g/mol. The highest BCUT2D eigenvalue weighted by Crippen LogP contribution is 2.20. The van der Waals surface area contributed by atoms with Crippen LogP contribution in [-0.2, 0) is 4.79 Å². The van der Waals surface area contributed by atoms with E-state index in [4.69, 9.17) is 0 Å². The van der Waals surface area contributed by atoms with Gasteiger partial charge in [-0.1, -0.05) is 6.92 Å². The summed E-state index contributed by atoms with van der Waals surface area (Å²) in [6, 6.07) is 6.07. The highest BCUT2D eigenvalue weighted by atomic mass is 16.2. The molecule has 1 fully saturated rings. The van der Waals surface area contributed by atoms with Gasteiger partial charge in [-0.2, -0.15) is 0 Å². The van der Waals surface area contributed by atoms with Gasteiger partial charge >= 0.3 is 0 Å². The Kier molecular flexibility index (Phi) is 5.59. The molecule has 1 saturated heterocycles. The molecule has 0 N–H and O–H groups in total. The first-order valence-electron chi connectivity index (χ1n) is 9.55. The van der Waals surface area contributed by atoms with E-state index in [0.29, 0.717) is 37.7 Å². The van der Waals surface area contributed by atoms with Crippen molar-refractivity contribution in [3.05, 3.63) is 30.1 Å². The Morgan fingerprint density at radius 2 is 1.85 bits per heavy atom. The molecule has 6 heteroatoms. The molecule has 0 saturated carbocycles. The van der Waals surface area contributed by atoms with Crippen molar-refractivity contribution in [2.24, 2.45) is 0 Å². The van der Waals surface area contributed by atoms with Gasteiger partial charge in [-0.15, -0.1) is 0 Å². The number of aromatic nitrogens is 2. The molecule has 26 heavy (non-hydrogen) atoms. The second kappa shape index (κ2) is 7.89. The number of hydrogen-bond acceptors (Lipinski definition) is 3. The molecule has 2 heterocycles. The third-order valence-electron chi connectivity index (χ3n) is 4.98. The van der Waals surface area contributed by atoms with Gasteiger partial charge in [-0.3, -0.25) is 9.59 Å². The second-order valence-electron chi connectivity index (χ2n) is 7.23. The minimum absolute atomic E-state index is 0.0239. The quantitative estimate of drug-likeness (QED) is 0.846. The number of fused-ring (bicyclic) bond motifs is 1. The molecule has 1 aliphatic rings. The molecule has 0 aliphatic carbocycles. The lowest BCUT2D eigenvalue weighted by atomic mass is 10.1. The van der Waals surface area contributed by atoms with Crippen molar-refractivity contribution in [2.45, 2.75) is 46.1 Å². The fourth-order valence-corrected chi connectivity index (χ4v) is 3.50. The third kappa shape index (κ3) is 3.74. The summed E-state index contributed by atoms with van der Waals surface area (Å²) in [5.74, 6) is 0.221. The van der Waals surface area contributed by atoms with Crippen molar-refractivity contribution >= 4 is 22.8 Å². The fourth-order valence-electron chi connectivity index (χ4n) is 3.50. The molecule has 1 aromatic heterocycles. The molecule has 1 aliphatic heterocycles. The Hall–Kier alpha value is -2.37. The summed E-state index contributed by atoms with van der Waals surface area (Å²) in [7, 11) is 0. The normalized spacial score (nSPS) is 15.5. The smallest absolute Gasteiger partial charge is 0.253 e. The summed E-state index contributed by atoms with van der Waals surface area (Å²) < 4.78 is 2.10. The molecule has 0 bridgehead atoms. The van der Waals surface area contributed by atoms with Crippen LogP contribution >= 0.6 is 0 Å². The Bertz CT molecular complexity index is 796. The lowest BCUT2D eigenvalue weighted by Crippen LogP contribution is -2.37. The van der Waals surface area contributed by atoms with E-state index in [2.05, 4.69) is 23.4 Å². The summed E-state index contributed by atoms with van der Waals surface area (Å²) in [6.45, 7) is 8.88. The minimum atomic E-state index is 0.0239. The molecule has 0 spiro atoms. The number of benzene rings is 1. The summed E-state index contributed by atoms with van der Waals surface area (Å²) in [5.41, 5.74) is 2.56. The monoisotopic (exact) mass is 356 g/mol. The molecule has 3 rings (SSSR count). The van der Waals surface area contributed by atoms with Crippen LogP contribution in [0.1, 0.15) is 56.4 Å². The van der Waals surface area contributed by atoms with Crippen molar-refractivity contribution < 1.29 is 9.59 Å². The van der Waals surface area contributed by atoms with Crippen molar-refractivity contribution in [1.82, 2.24) is 19.4 Å². The van der Waals surface area contributed by atoms with Gasteiger partial charge in [0.15, 0.2) is 0 Å². The number of rotatable bonds is 4. The third-order valence-corrected chi connectivity index (χ3v) is 4.98. The maximum Gasteiger partial charge on any atom is 0.253 e. The van der Waals surface area contributed by atoms with E-state index < -0.39 is 0 Å². The van der Waals surface area contributed by atoms with E-state index in [9.17, 15) is 9.59 Å². The zero-order valence-corrected chi connectivity index (χ0v) is 15.9. The summed E-state index contributed by atoms with van der Waals surface area (Å²) in [6.07, 6.45) is 4.10. The van der Waals surface area contributed by atoms with Crippen LogP contribution in [0.25, 0.3) is 11.0 Å². The number of nitrogens with zero attached hydrogens (tertiary/aromatic N) is 4. The molecule has 0 unspecified atom stereocenters. The van der Waals surface area contributed by atoms with Crippen LogP contribution in [0.2, 0.25) is 0 Å². The summed E-state index contributed by atoms with van der Waals surface area (Å²) in [5, 5.41) is 0. The first-order chi connectivity index (χ1) is 12.5. The molecular formula is C20H28N4O2. The molecule has 1 aromatic carbocycles. The average Bonchev–Trinajstić information content (AvgIpc) is 2.89. The number of amides is 2. The van der Waals surface area contributed by atoms with E-state index in [-0.39, 0.29) is 11.8 Å². The topological polar surface area (TPSA) is 58.4 Å². The maximum absolute atomic E-state index is 12.9. The van der Waals surface area contributed by atoms with Gasteiger partial charge in [0.1, 0.15) is 0 Å². The number of carbonyl (C=O) groups is 2. The number of imidazole rings is 1. The largest absolute Gasteiger partial charge is 0.341 e. The van der Waals surface area contributed by atoms with Gasteiger partial charge < -0.3 is 14.4 Å². The minimum Gasteiger partial charge on any atom is -0.341 e. The van der Waals surface area contributed by atoms with E-state index in [1.54, 1.807) is 0 Å². The van der Waals surface area contributed by atoms with Gasteiger partial charge in [0.25, 0.3) is 5.91 Å². The zero-order chi connectivity index (χ0) is 18.7. The van der Waals surface area contributed by atoms with Crippen LogP contribution in [0.5, 0.6) is 0 Å². The second-order valence-corrected chi connectivity index (χ2v) is 7.23. The predicted octanol–water partition coefficient (Wildman–Crippen LogP) is 3.09. The number of carbonyl (C=O) groups excluding carboxylic acids is 2. The lowest BCUT2D eigenvalue weighted by molar-refractivity contribution is -0.131. The van der Waals surface area contributed by atoms with E-state index in [1.807, 2.05) is 41.2 Å². The van der Waals surface area contributed by atoms with Gasteiger partial charge in [-0.25, -0.2) is 4.98 Å². The van der Waals surface area contributed by atoms with Gasteiger partial charge in [0.05, 0.1) is 17.4 Å². The standard InChI is InChI=1S/C20H28N4O2/c1-4-6-19(25)22-9-5-10-23(12-11-22)20(26)16-7-8-18-17(13-16)21-14-24(18)15(2)3/h7-8,13-15H,4-6,9-12H2,1-3H3. The van der Waals surface area contributed by atoms with Crippen molar-refractivity contribution in [1.29, 1.82) is 0 Å². The molecular weight excluding hydrogens is 328 g/mol. The number of hydrogen-bond donors (Lipinski definition) is 0. The lowest BCUT2D eigenvalue weighted by Gasteiger charge is -2.22. The summed E-state index contributed by atoms with van der Waals surface area (Å²) >= 11 is 0. The molecule has 0 atom stereocenters. The predicted molar refractivity (Wildman–Crippen MR) is 102 cm³/mol.